The molecule has 0 aromatic heterocycles. The SMILES string of the molecule is Br.NC(=O)CN1C=CSC1N. The summed E-state index contributed by atoms with van der Waals surface area (Å²) in [7, 11) is 0. The first-order chi connectivity index (χ1) is 4.70. The van der Waals surface area contributed by atoms with Gasteiger partial charge in [-0.1, -0.05) is 11.8 Å². The van der Waals surface area contributed by atoms with Crippen molar-refractivity contribution in [2.45, 2.75) is 5.50 Å². The van der Waals surface area contributed by atoms with Crippen molar-refractivity contribution in [1.29, 1.82) is 0 Å². The van der Waals surface area contributed by atoms with Gasteiger partial charge in [0, 0.05) is 6.20 Å². The molecule has 1 atom stereocenters. The van der Waals surface area contributed by atoms with Crippen LogP contribution in [0, 0.1) is 0 Å². The van der Waals surface area contributed by atoms with Crippen molar-refractivity contribution in [2.75, 3.05) is 6.54 Å². The van der Waals surface area contributed by atoms with Crippen LogP contribution in [0.1, 0.15) is 0 Å². The minimum Gasteiger partial charge on any atom is -0.368 e. The zero-order chi connectivity index (χ0) is 7.56. The smallest absolute Gasteiger partial charge is 0.237 e. The summed E-state index contributed by atoms with van der Waals surface area (Å²) < 4.78 is 0. The molecule has 6 heteroatoms. The minimum absolute atomic E-state index is 0. The third-order valence-electron chi connectivity index (χ3n) is 1.14. The van der Waals surface area contributed by atoms with E-state index < -0.39 is 0 Å². The van der Waals surface area contributed by atoms with E-state index in [1.54, 1.807) is 11.1 Å². The fourth-order valence-corrected chi connectivity index (χ4v) is 1.37. The summed E-state index contributed by atoms with van der Waals surface area (Å²) >= 11 is 1.46. The lowest BCUT2D eigenvalue weighted by Gasteiger charge is -2.18. The number of thioether (sulfide) groups is 1. The second kappa shape index (κ2) is 4.63. The highest BCUT2D eigenvalue weighted by Gasteiger charge is 2.15. The van der Waals surface area contributed by atoms with Crippen LogP contribution in [-0.2, 0) is 4.79 Å². The normalized spacial score (nSPS) is 21.5. The van der Waals surface area contributed by atoms with Crippen molar-refractivity contribution in [3.8, 4) is 0 Å². The Balaban J connectivity index is 0.000001000. The maximum Gasteiger partial charge on any atom is 0.237 e. The molecule has 0 saturated carbocycles. The molecule has 4 nitrogen and oxygen atoms in total. The number of carbonyl (C=O) groups excluding carboxylic acids is 1. The first-order valence-electron chi connectivity index (χ1n) is 2.82. The van der Waals surface area contributed by atoms with Crippen molar-refractivity contribution in [3.05, 3.63) is 11.6 Å². The van der Waals surface area contributed by atoms with Crippen molar-refractivity contribution in [1.82, 2.24) is 4.90 Å². The molecular formula is C5H10BrN3OS. The number of hydrogen-bond donors (Lipinski definition) is 2. The van der Waals surface area contributed by atoms with Crippen LogP contribution in [0.2, 0.25) is 0 Å². The van der Waals surface area contributed by atoms with Gasteiger partial charge in [0.15, 0.2) is 0 Å². The number of amides is 1. The van der Waals surface area contributed by atoms with Gasteiger partial charge in [-0.3, -0.25) is 4.79 Å². The zero-order valence-electron chi connectivity index (χ0n) is 5.77. The van der Waals surface area contributed by atoms with Crippen LogP contribution in [0.3, 0.4) is 0 Å². The third-order valence-corrected chi connectivity index (χ3v) is 1.96. The highest BCUT2D eigenvalue weighted by Crippen LogP contribution is 2.19. The summed E-state index contributed by atoms with van der Waals surface area (Å²) in [6.45, 7) is 0.199. The minimum atomic E-state index is -0.359. The second-order valence-electron chi connectivity index (χ2n) is 1.95. The van der Waals surface area contributed by atoms with Crippen LogP contribution in [0.5, 0.6) is 0 Å². The van der Waals surface area contributed by atoms with E-state index in [4.69, 9.17) is 11.5 Å². The fourth-order valence-electron chi connectivity index (χ4n) is 0.679. The van der Waals surface area contributed by atoms with Crippen molar-refractivity contribution in [3.63, 3.8) is 0 Å². The van der Waals surface area contributed by atoms with Gasteiger partial charge in [0.25, 0.3) is 0 Å². The molecule has 0 fully saturated rings. The highest BCUT2D eigenvalue weighted by molar-refractivity contribution is 8.93. The Labute approximate surface area is 79.7 Å². The summed E-state index contributed by atoms with van der Waals surface area (Å²) in [5.41, 5.74) is 10.4. The van der Waals surface area contributed by atoms with Crippen LogP contribution < -0.4 is 11.5 Å². The Hall–Kier alpha value is -0.200. The molecule has 1 aliphatic heterocycles. The van der Waals surface area contributed by atoms with Gasteiger partial charge in [-0.15, -0.1) is 17.0 Å². The maximum atomic E-state index is 10.4. The predicted molar refractivity (Wildman–Crippen MR) is 50.9 cm³/mol. The number of primary amides is 1. The molecule has 11 heavy (non-hydrogen) atoms. The molecule has 0 aliphatic carbocycles. The largest absolute Gasteiger partial charge is 0.368 e. The average Bonchev–Trinajstić information content (AvgIpc) is 2.15. The van der Waals surface area contributed by atoms with Crippen molar-refractivity contribution < 1.29 is 4.79 Å². The number of carbonyl (C=O) groups is 1. The molecule has 0 radical (unpaired) electrons. The summed E-state index contributed by atoms with van der Waals surface area (Å²) in [4.78, 5) is 12.1. The molecule has 1 unspecified atom stereocenters. The molecule has 0 saturated heterocycles. The summed E-state index contributed by atoms with van der Waals surface area (Å²) in [6.07, 6.45) is 1.76. The van der Waals surface area contributed by atoms with Crippen LogP contribution in [0.25, 0.3) is 0 Å². The first-order valence-corrected chi connectivity index (χ1v) is 3.76. The molecule has 1 heterocycles. The standard InChI is InChI=1S/C5H9N3OS.BrH/c6-4(9)3-8-1-2-10-5(8)7;/h1-2,5H,3,7H2,(H2,6,9);1H. The van der Waals surface area contributed by atoms with E-state index in [1.807, 2.05) is 5.41 Å². The van der Waals surface area contributed by atoms with E-state index in [9.17, 15) is 4.79 Å². The third kappa shape index (κ3) is 3.13. The lowest BCUT2D eigenvalue weighted by molar-refractivity contribution is -0.118. The monoisotopic (exact) mass is 239 g/mol. The molecule has 64 valence electrons. The van der Waals surface area contributed by atoms with Gasteiger partial charge >= 0.3 is 0 Å². The number of halogens is 1. The number of nitrogens with two attached hydrogens (primary N) is 2. The van der Waals surface area contributed by atoms with Crippen LogP contribution >= 0.6 is 28.7 Å². The molecule has 0 aromatic rings. The van der Waals surface area contributed by atoms with Gasteiger partial charge in [-0.05, 0) is 5.41 Å². The first kappa shape index (κ1) is 10.8. The lowest BCUT2D eigenvalue weighted by Crippen LogP contribution is -2.38. The van der Waals surface area contributed by atoms with Gasteiger partial charge in [0.05, 0.1) is 6.54 Å². The molecule has 1 rings (SSSR count). The lowest BCUT2D eigenvalue weighted by atomic mass is 10.5. The summed E-state index contributed by atoms with van der Waals surface area (Å²) in [5, 5.41) is 1.84. The summed E-state index contributed by atoms with van der Waals surface area (Å²) in [6, 6.07) is 0. The van der Waals surface area contributed by atoms with Gasteiger partial charge in [0.2, 0.25) is 5.91 Å². The van der Waals surface area contributed by atoms with Crippen LogP contribution in [-0.4, -0.2) is 22.8 Å². The Morgan fingerprint density at radius 2 is 2.36 bits per heavy atom. The average molecular weight is 240 g/mol. The van der Waals surface area contributed by atoms with Gasteiger partial charge in [-0.2, -0.15) is 0 Å². The zero-order valence-corrected chi connectivity index (χ0v) is 8.30. The second-order valence-corrected chi connectivity index (χ2v) is 2.98. The van der Waals surface area contributed by atoms with Crippen LogP contribution in [0.15, 0.2) is 11.6 Å². The van der Waals surface area contributed by atoms with Crippen molar-refractivity contribution >= 4 is 34.7 Å². The Morgan fingerprint density at radius 1 is 1.73 bits per heavy atom. The molecule has 0 spiro atoms. The van der Waals surface area contributed by atoms with E-state index in [0.29, 0.717) is 0 Å². The number of hydrogen-bond acceptors (Lipinski definition) is 4. The van der Waals surface area contributed by atoms with E-state index in [0.717, 1.165) is 0 Å². The Morgan fingerprint density at radius 3 is 2.73 bits per heavy atom. The Bertz CT molecular complexity index is 175. The van der Waals surface area contributed by atoms with E-state index in [2.05, 4.69) is 0 Å². The molecule has 4 N–H and O–H groups in total. The molecule has 1 amide bonds. The molecule has 0 bridgehead atoms. The molecule has 1 aliphatic rings. The fraction of sp³-hybridized carbons (Fsp3) is 0.400. The predicted octanol–water partition coefficient (Wildman–Crippen LogP) is -0.188. The number of rotatable bonds is 2. The quantitative estimate of drug-likeness (QED) is 0.701. The maximum absolute atomic E-state index is 10.4. The van der Waals surface area contributed by atoms with E-state index >= 15 is 0 Å². The van der Waals surface area contributed by atoms with E-state index in [1.165, 1.54) is 11.8 Å². The molecule has 0 aromatic carbocycles. The van der Waals surface area contributed by atoms with E-state index in [-0.39, 0.29) is 34.9 Å². The number of nitrogens with zero attached hydrogens (tertiary/aromatic N) is 1. The molecular weight excluding hydrogens is 230 g/mol. The summed E-state index contributed by atoms with van der Waals surface area (Å²) in [5.74, 6) is -0.359. The Kier molecular flexibility index (Phi) is 4.55. The van der Waals surface area contributed by atoms with Gasteiger partial charge < -0.3 is 16.4 Å². The van der Waals surface area contributed by atoms with Gasteiger partial charge in [-0.25, -0.2) is 0 Å². The topological polar surface area (TPSA) is 72.4 Å². The highest BCUT2D eigenvalue weighted by atomic mass is 79.9. The van der Waals surface area contributed by atoms with Gasteiger partial charge in [0.1, 0.15) is 5.50 Å². The van der Waals surface area contributed by atoms with Crippen molar-refractivity contribution in [2.24, 2.45) is 11.5 Å². The van der Waals surface area contributed by atoms with Crippen LogP contribution in [0.4, 0.5) is 0 Å².